The van der Waals surface area contributed by atoms with Crippen molar-refractivity contribution in [3.8, 4) is 0 Å². The van der Waals surface area contributed by atoms with Gasteiger partial charge >= 0.3 is 0 Å². The molecule has 0 aliphatic heterocycles. The monoisotopic (exact) mass is 342 g/mol. The van der Waals surface area contributed by atoms with Crippen LogP contribution in [0.4, 0.5) is 4.39 Å². The topological polar surface area (TPSA) is 29.3 Å². The van der Waals surface area contributed by atoms with Crippen LogP contribution >= 0.6 is 15.9 Å². The predicted octanol–water partition coefficient (Wildman–Crippen LogP) is 4.24. The molecular weight excluding hydrogens is 319 g/mol. The highest BCUT2D eigenvalue weighted by atomic mass is 79.9. The van der Waals surface area contributed by atoms with Crippen LogP contribution in [0.5, 0.6) is 0 Å². The van der Waals surface area contributed by atoms with Gasteiger partial charge < -0.3 is 10.6 Å². The van der Waals surface area contributed by atoms with E-state index >= 15 is 0 Å². The maximum Gasteiger partial charge on any atom is 0.128 e. The van der Waals surface area contributed by atoms with E-state index in [1.807, 2.05) is 6.07 Å². The first-order valence-electron chi connectivity index (χ1n) is 7.35. The van der Waals surface area contributed by atoms with Crippen molar-refractivity contribution in [2.75, 3.05) is 14.1 Å². The summed E-state index contributed by atoms with van der Waals surface area (Å²) in [5.41, 5.74) is 7.02. The van der Waals surface area contributed by atoms with Crippen molar-refractivity contribution in [1.82, 2.24) is 4.90 Å². The van der Waals surface area contributed by atoms with E-state index in [0.29, 0.717) is 5.56 Å². The van der Waals surface area contributed by atoms with Crippen LogP contribution in [0, 0.1) is 5.82 Å². The molecule has 0 spiro atoms. The third-order valence-corrected chi connectivity index (χ3v) is 5.23. The van der Waals surface area contributed by atoms with Gasteiger partial charge in [-0.2, -0.15) is 0 Å². The fraction of sp³-hybridized carbons (Fsp3) is 0.625. The van der Waals surface area contributed by atoms with Gasteiger partial charge in [-0.15, -0.1) is 0 Å². The van der Waals surface area contributed by atoms with Crippen LogP contribution in [0.1, 0.15) is 50.1 Å². The van der Waals surface area contributed by atoms with Crippen molar-refractivity contribution in [2.45, 2.75) is 50.1 Å². The molecule has 0 saturated heterocycles. The van der Waals surface area contributed by atoms with Crippen molar-refractivity contribution in [3.05, 3.63) is 34.1 Å². The van der Waals surface area contributed by atoms with Gasteiger partial charge in [0.15, 0.2) is 0 Å². The molecular formula is C16H24BrFN2. The third kappa shape index (κ3) is 3.07. The number of hydrogen-bond acceptors (Lipinski definition) is 2. The molecule has 1 aliphatic rings. The average molecular weight is 343 g/mol. The quantitative estimate of drug-likeness (QED) is 0.832. The zero-order valence-electron chi connectivity index (χ0n) is 12.3. The van der Waals surface area contributed by atoms with Crippen molar-refractivity contribution >= 4 is 15.9 Å². The lowest BCUT2D eigenvalue weighted by molar-refractivity contribution is 0.0954. The van der Waals surface area contributed by atoms with Crippen LogP contribution in [-0.2, 0) is 0 Å². The molecule has 0 radical (unpaired) electrons. The van der Waals surface area contributed by atoms with Crippen molar-refractivity contribution in [1.29, 1.82) is 0 Å². The lowest BCUT2D eigenvalue weighted by atomic mass is 9.78. The molecule has 2 nitrogen and oxygen atoms in total. The number of nitrogens with zero attached hydrogens (tertiary/aromatic N) is 1. The van der Waals surface area contributed by atoms with Crippen molar-refractivity contribution in [3.63, 3.8) is 0 Å². The molecule has 0 bridgehead atoms. The molecule has 1 aromatic carbocycles. The van der Waals surface area contributed by atoms with Gasteiger partial charge in [0, 0.05) is 15.6 Å². The maximum atomic E-state index is 14.2. The van der Waals surface area contributed by atoms with Gasteiger partial charge in [0.2, 0.25) is 0 Å². The summed E-state index contributed by atoms with van der Waals surface area (Å²) in [6, 6.07) is 4.75. The summed E-state index contributed by atoms with van der Waals surface area (Å²) in [5.74, 6) is -0.203. The van der Waals surface area contributed by atoms with Gasteiger partial charge in [0.1, 0.15) is 5.82 Å². The molecule has 1 atom stereocenters. The first-order valence-corrected chi connectivity index (χ1v) is 8.14. The van der Waals surface area contributed by atoms with E-state index in [-0.39, 0.29) is 17.4 Å². The minimum absolute atomic E-state index is 0.141. The largest absolute Gasteiger partial charge is 0.322 e. The summed E-state index contributed by atoms with van der Waals surface area (Å²) in [5, 5.41) is 0. The number of rotatable bonds is 3. The molecule has 1 saturated carbocycles. The Morgan fingerprint density at radius 3 is 2.35 bits per heavy atom. The maximum absolute atomic E-state index is 14.2. The molecule has 1 aliphatic carbocycles. The number of likely N-dealkylation sites (N-methyl/N-ethyl adjacent to an activating group) is 1. The van der Waals surface area contributed by atoms with Crippen LogP contribution in [0.3, 0.4) is 0 Å². The van der Waals surface area contributed by atoms with Gasteiger partial charge in [0.05, 0.1) is 6.04 Å². The van der Waals surface area contributed by atoms with Crippen LogP contribution in [0.2, 0.25) is 0 Å². The van der Waals surface area contributed by atoms with Gasteiger partial charge in [-0.05, 0) is 45.1 Å². The van der Waals surface area contributed by atoms with Crippen molar-refractivity contribution in [2.24, 2.45) is 5.73 Å². The Morgan fingerprint density at radius 1 is 1.20 bits per heavy atom. The van der Waals surface area contributed by atoms with E-state index in [1.54, 1.807) is 6.07 Å². The Balaban J connectivity index is 2.40. The van der Waals surface area contributed by atoms with E-state index in [9.17, 15) is 4.39 Å². The lowest BCUT2D eigenvalue weighted by Crippen LogP contribution is -2.52. The van der Waals surface area contributed by atoms with Gasteiger partial charge in [-0.25, -0.2) is 4.39 Å². The van der Waals surface area contributed by atoms with E-state index in [4.69, 9.17) is 5.73 Å². The fourth-order valence-corrected chi connectivity index (χ4v) is 3.80. The average Bonchev–Trinajstić information content (AvgIpc) is 2.67. The lowest BCUT2D eigenvalue weighted by Gasteiger charge is -2.44. The van der Waals surface area contributed by atoms with Gasteiger partial charge in [0.25, 0.3) is 0 Å². The standard InChI is InChI=1S/C16H24BrFN2/c1-20(2)16(9-5-3-4-6-10-16)15(19)13-11-12(17)7-8-14(13)18/h7-8,11,15H,3-6,9-10,19H2,1-2H3. The molecule has 2 rings (SSSR count). The summed E-state index contributed by atoms with van der Waals surface area (Å²) >= 11 is 3.42. The second kappa shape index (κ2) is 6.54. The SMILES string of the molecule is CN(C)C1(C(N)c2cc(Br)ccc2F)CCCCCC1. The first kappa shape index (κ1) is 15.9. The first-order chi connectivity index (χ1) is 9.47. The highest BCUT2D eigenvalue weighted by molar-refractivity contribution is 9.10. The Kier molecular flexibility index (Phi) is 5.21. The van der Waals surface area contributed by atoms with E-state index in [0.717, 1.165) is 17.3 Å². The zero-order valence-corrected chi connectivity index (χ0v) is 13.9. The predicted molar refractivity (Wildman–Crippen MR) is 85.1 cm³/mol. The Bertz CT molecular complexity index is 454. The smallest absolute Gasteiger partial charge is 0.128 e. The normalized spacial score (nSPS) is 20.7. The summed E-state index contributed by atoms with van der Waals surface area (Å²) < 4.78 is 15.1. The minimum Gasteiger partial charge on any atom is -0.322 e. The van der Waals surface area contributed by atoms with Crippen LogP contribution in [-0.4, -0.2) is 24.5 Å². The molecule has 20 heavy (non-hydrogen) atoms. The molecule has 1 fully saturated rings. The molecule has 2 N–H and O–H groups in total. The molecule has 1 unspecified atom stereocenters. The summed E-state index contributed by atoms with van der Waals surface area (Å²) in [6.07, 6.45) is 6.91. The second-order valence-electron chi connectivity index (χ2n) is 6.06. The fourth-order valence-electron chi connectivity index (χ4n) is 3.42. The number of halogens is 2. The van der Waals surface area contributed by atoms with Crippen LogP contribution in [0.15, 0.2) is 22.7 Å². The molecule has 0 heterocycles. The third-order valence-electron chi connectivity index (χ3n) is 4.73. The Morgan fingerprint density at radius 2 is 1.80 bits per heavy atom. The number of nitrogens with two attached hydrogens (primary N) is 1. The Labute approximate surface area is 129 Å². The molecule has 1 aromatic rings. The van der Waals surface area contributed by atoms with Gasteiger partial charge in [-0.3, -0.25) is 0 Å². The number of hydrogen-bond donors (Lipinski definition) is 1. The van der Waals surface area contributed by atoms with Crippen molar-refractivity contribution < 1.29 is 4.39 Å². The summed E-state index contributed by atoms with van der Waals surface area (Å²) in [7, 11) is 4.14. The van der Waals surface area contributed by atoms with E-state index in [2.05, 4.69) is 34.9 Å². The number of benzene rings is 1. The second-order valence-corrected chi connectivity index (χ2v) is 6.97. The van der Waals surface area contributed by atoms with E-state index < -0.39 is 0 Å². The molecule has 0 amide bonds. The zero-order chi connectivity index (χ0) is 14.8. The van der Waals surface area contributed by atoms with Crippen LogP contribution < -0.4 is 5.73 Å². The van der Waals surface area contributed by atoms with Gasteiger partial charge in [-0.1, -0.05) is 41.6 Å². The summed E-state index contributed by atoms with van der Waals surface area (Å²) in [4.78, 5) is 2.21. The highest BCUT2D eigenvalue weighted by Gasteiger charge is 2.40. The Hall–Kier alpha value is -0.450. The van der Waals surface area contributed by atoms with Crippen LogP contribution in [0.25, 0.3) is 0 Å². The summed E-state index contributed by atoms with van der Waals surface area (Å²) in [6.45, 7) is 0. The molecule has 4 heteroatoms. The highest BCUT2D eigenvalue weighted by Crippen LogP contribution is 2.40. The minimum atomic E-state index is -0.298. The molecule has 0 aromatic heterocycles. The van der Waals surface area contributed by atoms with E-state index in [1.165, 1.54) is 31.7 Å². The molecule has 112 valence electrons.